The molecule has 1 aromatic carbocycles. The Hall–Kier alpha value is -3.49. The van der Waals surface area contributed by atoms with Crippen LogP contribution in [-0.2, 0) is 14.3 Å². The Morgan fingerprint density at radius 2 is 2.17 bits per heavy atom. The highest BCUT2D eigenvalue weighted by molar-refractivity contribution is 5.94. The molecule has 0 spiro atoms. The summed E-state index contributed by atoms with van der Waals surface area (Å²) in [6, 6.07) is 7.43. The summed E-state index contributed by atoms with van der Waals surface area (Å²) < 4.78 is 9.51. The minimum Gasteiger partial charge on any atom is -0.452 e. The number of hydrogen-bond donors (Lipinski definition) is 1. The first-order chi connectivity index (χ1) is 11.5. The molecule has 9 nitrogen and oxygen atoms in total. The first-order valence-electron chi connectivity index (χ1n) is 6.77. The maximum atomic E-state index is 11.6. The highest BCUT2D eigenvalue weighted by Gasteiger charge is 2.11. The zero-order valence-corrected chi connectivity index (χ0v) is 12.6. The van der Waals surface area contributed by atoms with Gasteiger partial charge >= 0.3 is 5.97 Å². The third kappa shape index (κ3) is 4.77. The zero-order valence-electron chi connectivity index (χ0n) is 12.6. The number of ether oxygens (including phenoxy) is 1. The Balaban J connectivity index is 1.87. The molecule has 1 N–H and O–H groups in total. The molecule has 0 aliphatic carbocycles. The van der Waals surface area contributed by atoms with Crippen LogP contribution in [-0.4, -0.2) is 28.6 Å². The normalized spacial score (nSPS) is 10.5. The Labute approximate surface area is 136 Å². The second-order valence-electron chi connectivity index (χ2n) is 4.63. The van der Waals surface area contributed by atoms with Crippen molar-refractivity contribution >= 4 is 29.5 Å². The molecule has 0 aliphatic heterocycles. The van der Waals surface area contributed by atoms with E-state index >= 15 is 0 Å². The molecule has 2 aromatic rings. The lowest BCUT2D eigenvalue weighted by atomic mass is 10.1. The van der Waals surface area contributed by atoms with Gasteiger partial charge in [0.25, 0.3) is 11.6 Å². The van der Waals surface area contributed by atoms with Crippen LogP contribution in [0.1, 0.15) is 11.3 Å². The van der Waals surface area contributed by atoms with Gasteiger partial charge in [-0.3, -0.25) is 14.9 Å². The molecule has 1 amide bonds. The number of nitrogens with zero attached hydrogens (tertiary/aromatic N) is 2. The highest BCUT2D eigenvalue weighted by Crippen LogP contribution is 2.18. The summed E-state index contributed by atoms with van der Waals surface area (Å²) >= 11 is 0. The van der Waals surface area contributed by atoms with Crippen molar-refractivity contribution < 1.29 is 23.8 Å². The lowest BCUT2D eigenvalue weighted by Crippen LogP contribution is -2.20. The summed E-state index contributed by atoms with van der Waals surface area (Å²) in [7, 11) is 0. The van der Waals surface area contributed by atoms with Gasteiger partial charge < -0.3 is 14.6 Å². The van der Waals surface area contributed by atoms with Crippen LogP contribution < -0.4 is 5.32 Å². The van der Waals surface area contributed by atoms with E-state index in [1.54, 1.807) is 13.0 Å². The van der Waals surface area contributed by atoms with Gasteiger partial charge in [-0.1, -0.05) is 17.3 Å². The second-order valence-corrected chi connectivity index (χ2v) is 4.63. The second kappa shape index (κ2) is 7.68. The number of hydrogen-bond acceptors (Lipinski definition) is 7. The van der Waals surface area contributed by atoms with Crippen LogP contribution in [0.5, 0.6) is 0 Å². The van der Waals surface area contributed by atoms with Crippen LogP contribution in [0.3, 0.4) is 0 Å². The quantitative estimate of drug-likeness (QED) is 0.372. The van der Waals surface area contributed by atoms with Gasteiger partial charge in [0.1, 0.15) is 5.76 Å². The molecule has 1 heterocycles. The fourth-order valence-electron chi connectivity index (χ4n) is 1.74. The van der Waals surface area contributed by atoms with Gasteiger partial charge in [-0.15, -0.1) is 0 Å². The summed E-state index contributed by atoms with van der Waals surface area (Å²) in [5.41, 5.74) is 0.114. The molecule has 0 atom stereocenters. The number of para-hydroxylation sites is 1. The van der Waals surface area contributed by atoms with Crippen molar-refractivity contribution in [1.82, 2.24) is 5.16 Å². The van der Waals surface area contributed by atoms with Crippen LogP contribution in [0, 0.1) is 17.0 Å². The Morgan fingerprint density at radius 3 is 2.83 bits per heavy atom. The lowest BCUT2D eigenvalue weighted by Gasteiger charge is -2.01. The number of aryl methyl sites for hydroxylation is 1. The highest BCUT2D eigenvalue weighted by atomic mass is 16.6. The molecule has 0 saturated carbocycles. The number of anilines is 1. The van der Waals surface area contributed by atoms with Gasteiger partial charge in [0.15, 0.2) is 12.4 Å². The fourth-order valence-corrected chi connectivity index (χ4v) is 1.74. The van der Waals surface area contributed by atoms with Crippen LogP contribution >= 0.6 is 0 Å². The number of carbonyl (C=O) groups is 2. The van der Waals surface area contributed by atoms with E-state index in [1.807, 2.05) is 0 Å². The van der Waals surface area contributed by atoms with E-state index in [0.717, 1.165) is 6.08 Å². The molecule has 0 aliphatic rings. The van der Waals surface area contributed by atoms with Crippen molar-refractivity contribution in [1.29, 1.82) is 0 Å². The van der Waals surface area contributed by atoms with E-state index in [1.165, 1.54) is 30.3 Å². The smallest absolute Gasteiger partial charge is 0.331 e. The molecule has 0 radical (unpaired) electrons. The van der Waals surface area contributed by atoms with Crippen molar-refractivity contribution in [2.24, 2.45) is 0 Å². The van der Waals surface area contributed by atoms with E-state index in [9.17, 15) is 19.7 Å². The summed E-state index contributed by atoms with van der Waals surface area (Å²) in [5, 5.41) is 16.8. The van der Waals surface area contributed by atoms with E-state index < -0.39 is 23.4 Å². The maximum Gasteiger partial charge on any atom is 0.331 e. The largest absolute Gasteiger partial charge is 0.452 e. The molecule has 2 rings (SSSR count). The molecular weight excluding hydrogens is 318 g/mol. The molecule has 0 bridgehead atoms. The van der Waals surface area contributed by atoms with Crippen LogP contribution in [0.25, 0.3) is 6.08 Å². The predicted molar refractivity (Wildman–Crippen MR) is 83.0 cm³/mol. The number of nitrogens with one attached hydrogen (secondary N) is 1. The van der Waals surface area contributed by atoms with Gasteiger partial charge in [0, 0.05) is 18.2 Å². The summed E-state index contributed by atoms with van der Waals surface area (Å²) in [6.07, 6.45) is 2.26. The Morgan fingerprint density at radius 1 is 1.42 bits per heavy atom. The molecule has 124 valence electrons. The van der Waals surface area contributed by atoms with E-state index in [4.69, 9.17) is 9.26 Å². The number of carbonyl (C=O) groups excluding carboxylic acids is 2. The van der Waals surface area contributed by atoms with Crippen molar-refractivity contribution in [3.63, 3.8) is 0 Å². The Bertz CT molecular complexity index is 796. The fraction of sp³-hybridized carbons (Fsp3) is 0.133. The summed E-state index contributed by atoms with van der Waals surface area (Å²) in [4.78, 5) is 33.4. The third-order valence-corrected chi connectivity index (χ3v) is 2.77. The lowest BCUT2D eigenvalue weighted by molar-refractivity contribution is -0.385. The number of nitro groups is 1. The van der Waals surface area contributed by atoms with Gasteiger partial charge in [0.05, 0.1) is 10.5 Å². The molecular formula is C15H13N3O6. The van der Waals surface area contributed by atoms with Crippen LogP contribution in [0.2, 0.25) is 0 Å². The summed E-state index contributed by atoms with van der Waals surface area (Å²) in [5.74, 6) is -0.658. The van der Waals surface area contributed by atoms with E-state index in [2.05, 4.69) is 10.5 Å². The molecule has 24 heavy (non-hydrogen) atoms. The van der Waals surface area contributed by atoms with Gasteiger partial charge in [-0.05, 0) is 19.1 Å². The zero-order chi connectivity index (χ0) is 17.5. The minimum atomic E-state index is -0.806. The Kier molecular flexibility index (Phi) is 5.40. The van der Waals surface area contributed by atoms with Crippen LogP contribution in [0.4, 0.5) is 11.5 Å². The number of aromatic nitrogens is 1. The number of benzene rings is 1. The summed E-state index contributed by atoms with van der Waals surface area (Å²) in [6.45, 7) is 1.14. The molecule has 0 saturated heterocycles. The number of amides is 1. The molecule has 1 aromatic heterocycles. The van der Waals surface area contributed by atoms with Gasteiger partial charge in [-0.2, -0.15) is 0 Å². The monoisotopic (exact) mass is 331 g/mol. The van der Waals surface area contributed by atoms with Crippen molar-refractivity contribution in [3.8, 4) is 0 Å². The van der Waals surface area contributed by atoms with Gasteiger partial charge in [-0.25, -0.2) is 4.79 Å². The molecule has 0 fully saturated rings. The molecule has 9 heteroatoms. The topological polar surface area (TPSA) is 125 Å². The average Bonchev–Trinajstić information content (AvgIpc) is 2.96. The minimum absolute atomic E-state index is 0.138. The van der Waals surface area contributed by atoms with Crippen molar-refractivity contribution in [2.45, 2.75) is 6.92 Å². The first-order valence-corrected chi connectivity index (χ1v) is 6.77. The SMILES string of the molecule is Cc1cc(NC(=O)COC(=O)/C=C/c2ccccc2[N+](=O)[O-])no1. The first kappa shape index (κ1) is 16.9. The van der Waals surface area contributed by atoms with Crippen LogP contribution in [0.15, 0.2) is 40.9 Å². The predicted octanol–water partition coefficient (Wildman–Crippen LogP) is 2.09. The van der Waals surface area contributed by atoms with Crippen molar-refractivity contribution in [2.75, 3.05) is 11.9 Å². The number of esters is 1. The number of nitro benzene ring substituents is 1. The third-order valence-electron chi connectivity index (χ3n) is 2.77. The van der Waals surface area contributed by atoms with Crippen molar-refractivity contribution in [3.05, 3.63) is 57.8 Å². The number of rotatable bonds is 6. The molecule has 0 unspecified atom stereocenters. The van der Waals surface area contributed by atoms with E-state index in [0.29, 0.717) is 5.76 Å². The van der Waals surface area contributed by atoms with Gasteiger partial charge in [0.2, 0.25) is 0 Å². The average molecular weight is 331 g/mol. The standard InChI is InChI=1S/C15H13N3O6/c1-10-8-13(17-24-10)16-14(19)9-23-15(20)7-6-11-4-2-3-5-12(11)18(21)22/h2-8H,9H2,1H3,(H,16,17,19)/b7-6+. The maximum absolute atomic E-state index is 11.6. The van der Waals surface area contributed by atoms with E-state index in [-0.39, 0.29) is 17.1 Å².